The van der Waals surface area contributed by atoms with Gasteiger partial charge in [-0.3, -0.25) is 9.59 Å². The molecule has 0 heterocycles. The second kappa shape index (κ2) is 8.02. The van der Waals surface area contributed by atoms with Gasteiger partial charge in [0.25, 0.3) is 0 Å². The summed E-state index contributed by atoms with van der Waals surface area (Å²) in [6.07, 6.45) is 3.01. The van der Waals surface area contributed by atoms with Gasteiger partial charge in [-0.05, 0) is 12.8 Å². The Morgan fingerprint density at radius 1 is 1.17 bits per heavy atom. The van der Waals surface area contributed by atoms with Gasteiger partial charge >= 0.3 is 0 Å². The first kappa shape index (κ1) is 16.8. The molecule has 0 spiro atoms. The van der Waals surface area contributed by atoms with Crippen molar-refractivity contribution >= 4 is 29.0 Å². The third-order valence-corrected chi connectivity index (χ3v) is 3.31. The fraction of sp³-hybridized carbons (Fsp3) is 0.750. The van der Waals surface area contributed by atoms with E-state index in [9.17, 15) is 9.59 Å². The number of rotatable bonds is 9. The Bertz CT molecular complexity index is 312. The number of carbonyl (C=O) groups excluding carboxylic acids is 2. The van der Waals surface area contributed by atoms with Crippen molar-refractivity contribution in [2.45, 2.75) is 46.0 Å². The quantitative estimate of drug-likeness (QED) is 0.542. The molecule has 0 unspecified atom stereocenters. The third kappa shape index (κ3) is 4.60. The first-order chi connectivity index (χ1) is 8.40. The number of nitrogens with one attached hydrogen (secondary N) is 1. The fourth-order valence-electron chi connectivity index (χ4n) is 2.03. The molecule has 0 aromatic carbocycles. The molecule has 0 bridgehead atoms. The van der Waals surface area contributed by atoms with Crippen LogP contribution in [0.3, 0.4) is 0 Å². The molecule has 2 amide bonds. The monoisotopic (exact) mass is 273 g/mol. The first-order valence-electron chi connectivity index (χ1n) is 6.27. The van der Waals surface area contributed by atoms with Crippen molar-refractivity contribution in [2.24, 2.45) is 16.9 Å². The standard InChI is InChI=1S/C12H23N3O2S/c1-3-6-12(7-4-2,10(14)18)11(17)15-8-5-9(13)16/h3-8H2,1-2H3,(H2,13,16)(H2,14,18)(H,15,17). The zero-order valence-corrected chi connectivity index (χ0v) is 11.9. The number of amides is 2. The Morgan fingerprint density at radius 3 is 2.00 bits per heavy atom. The third-order valence-electron chi connectivity index (χ3n) is 2.92. The van der Waals surface area contributed by atoms with E-state index in [1.807, 2.05) is 13.8 Å². The lowest BCUT2D eigenvalue weighted by Gasteiger charge is -2.31. The Hall–Kier alpha value is -1.17. The van der Waals surface area contributed by atoms with E-state index >= 15 is 0 Å². The summed E-state index contributed by atoms with van der Waals surface area (Å²) in [4.78, 5) is 23.1. The van der Waals surface area contributed by atoms with Crippen LogP contribution in [0.5, 0.6) is 0 Å². The van der Waals surface area contributed by atoms with Crippen molar-refractivity contribution in [1.29, 1.82) is 0 Å². The average molecular weight is 273 g/mol. The highest BCUT2D eigenvalue weighted by molar-refractivity contribution is 7.80. The predicted octanol–water partition coefficient (Wildman–Crippen LogP) is 0.851. The van der Waals surface area contributed by atoms with Crippen LogP contribution in [0.25, 0.3) is 0 Å². The van der Waals surface area contributed by atoms with Crippen LogP contribution in [0.15, 0.2) is 0 Å². The molecule has 0 saturated carbocycles. The minimum absolute atomic E-state index is 0.122. The molecule has 0 aliphatic rings. The minimum atomic E-state index is -0.795. The zero-order chi connectivity index (χ0) is 14.2. The summed E-state index contributed by atoms with van der Waals surface area (Å²) in [7, 11) is 0. The zero-order valence-electron chi connectivity index (χ0n) is 11.1. The van der Waals surface area contributed by atoms with Gasteiger partial charge in [-0.2, -0.15) is 0 Å². The van der Waals surface area contributed by atoms with Gasteiger partial charge in [0, 0.05) is 13.0 Å². The second-order valence-electron chi connectivity index (χ2n) is 4.42. The van der Waals surface area contributed by atoms with Crippen LogP contribution >= 0.6 is 12.2 Å². The molecule has 0 aliphatic carbocycles. The summed E-state index contributed by atoms with van der Waals surface area (Å²) in [6.45, 7) is 4.20. The Kier molecular flexibility index (Phi) is 7.50. The van der Waals surface area contributed by atoms with E-state index in [0.717, 1.165) is 12.8 Å². The van der Waals surface area contributed by atoms with Gasteiger partial charge in [0.15, 0.2) is 0 Å². The molecule has 0 radical (unpaired) electrons. The van der Waals surface area contributed by atoms with Gasteiger partial charge < -0.3 is 16.8 Å². The van der Waals surface area contributed by atoms with E-state index in [0.29, 0.717) is 12.8 Å². The molecule has 0 aromatic heterocycles. The summed E-state index contributed by atoms with van der Waals surface area (Å²) in [5.41, 5.74) is 9.98. The Labute approximate surface area is 114 Å². The van der Waals surface area contributed by atoms with Crippen molar-refractivity contribution in [3.8, 4) is 0 Å². The largest absolute Gasteiger partial charge is 0.392 e. The van der Waals surface area contributed by atoms with Crippen LogP contribution in [-0.4, -0.2) is 23.3 Å². The predicted molar refractivity (Wildman–Crippen MR) is 75.9 cm³/mol. The summed E-state index contributed by atoms with van der Waals surface area (Å²) in [5, 5.41) is 2.70. The van der Waals surface area contributed by atoms with Crippen LogP contribution in [0.2, 0.25) is 0 Å². The van der Waals surface area contributed by atoms with Gasteiger partial charge in [0.1, 0.15) is 0 Å². The molecular formula is C12H23N3O2S. The maximum absolute atomic E-state index is 12.2. The Morgan fingerprint density at radius 2 is 1.67 bits per heavy atom. The van der Waals surface area contributed by atoms with Gasteiger partial charge in [0.2, 0.25) is 11.8 Å². The van der Waals surface area contributed by atoms with E-state index in [-0.39, 0.29) is 23.9 Å². The number of carbonyl (C=O) groups is 2. The minimum Gasteiger partial charge on any atom is -0.392 e. The highest BCUT2D eigenvalue weighted by Crippen LogP contribution is 2.30. The number of hydrogen-bond donors (Lipinski definition) is 3. The van der Waals surface area contributed by atoms with Crippen LogP contribution < -0.4 is 16.8 Å². The van der Waals surface area contributed by atoms with E-state index in [2.05, 4.69) is 5.32 Å². The molecule has 0 saturated heterocycles. The van der Waals surface area contributed by atoms with Crippen molar-refractivity contribution in [2.75, 3.05) is 6.54 Å². The van der Waals surface area contributed by atoms with E-state index in [1.165, 1.54) is 0 Å². The van der Waals surface area contributed by atoms with Crippen molar-refractivity contribution in [3.05, 3.63) is 0 Å². The van der Waals surface area contributed by atoms with Crippen molar-refractivity contribution in [3.63, 3.8) is 0 Å². The van der Waals surface area contributed by atoms with E-state index in [4.69, 9.17) is 23.7 Å². The van der Waals surface area contributed by atoms with Gasteiger partial charge in [-0.1, -0.05) is 38.9 Å². The molecule has 0 fully saturated rings. The number of nitrogens with two attached hydrogens (primary N) is 2. The lowest BCUT2D eigenvalue weighted by Crippen LogP contribution is -2.49. The van der Waals surface area contributed by atoms with Crippen LogP contribution in [0.1, 0.15) is 46.0 Å². The molecular weight excluding hydrogens is 250 g/mol. The summed E-state index contributed by atoms with van der Waals surface area (Å²) >= 11 is 5.06. The average Bonchev–Trinajstić information content (AvgIpc) is 2.27. The molecule has 18 heavy (non-hydrogen) atoms. The summed E-state index contributed by atoms with van der Waals surface area (Å²) in [6, 6.07) is 0. The van der Waals surface area contributed by atoms with Crippen molar-refractivity contribution < 1.29 is 9.59 Å². The molecule has 104 valence electrons. The smallest absolute Gasteiger partial charge is 0.233 e. The van der Waals surface area contributed by atoms with Gasteiger partial charge in [-0.15, -0.1) is 0 Å². The number of hydrogen-bond acceptors (Lipinski definition) is 3. The maximum atomic E-state index is 12.2. The SMILES string of the molecule is CCCC(CCC)(C(=O)NCCC(N)=O)C(N)=S. The summed E-state index contributed by atoms with van der Waals surface area (Å²) in [5.74, 6) is -0.637. The lowest BCUT2D eigenvalue weighted by molar-refractivity contribution is -0.128. The highest BCUT2D eigenvalue weighted by Gasteiger charge is 2.39. The maximum Gasteiger partial charge on any atom is 0.233 e. The molecule has 0 aliphatic heterocycles. The van der Waals surface area contributed by atoms with Gasteiger partial charge in [0.05, 0.1) is 10.4 Å². The summed E-state index contributed by atoms with van der Waals surface area (Å²) < 4.78 is 0. The molecule has 0 atom stereocenters. The van der Waals surface area contributed by atoms with E-state index in [1.54, 1.807) is 0 Å². The van der Waals surface area contributed by atoms with Crippen LogP contribution in [-0.2, 0) is 9.59 Å². The lowest BCUT2D eigenvalue weighted by atomic mass is 9.78. The molecule has 5 nitrogen and oxygen atoms in total. The molecule has 0 aromatic rings. The highest BCUT2D eigenvalue weighted by atomic mass is 32.1. The second-order valence-corrected chi connectivity index (χ2v) is 4.86. The van der Waals surface area contributed by atoms with Gasteiger partial charge in [-0.25, -0.2) is 0 Å². The van der Waals surface area contributed by atoms with Crippen LogP contribution in [0, 0.1) is 5.41 Å². The van der Waals surface area contributed by atoms with Crippen LogP contribution in [0.4, 0.5) is 0 Å². The number of thiocarbonyl (C=S) groups is 1. The molecule has 6 heteroatoms. The number of primary amides is 1. The Balaban J connectivity index is 4.76. The van der Waals surface area contributed by atoms with Crippen molar-refractivity contribution in [1.82, 2.24) is 5.32 Å². The topological polar surface area (TPSA) is 98.2 Å². The van der Waals surface area contributed by atoms with E-state index < -0.39 is 11.3 Å². The molecule has 5 N–H and O–H groups in total. The molecule has 0 rings (SSSR count). The first-order valence-corrected chi connectivity index (χ1v) is 6.68. The normalized spacial score (nSPS) is 11.0. The fourth-order valence-corrected chi connectivity index (χ4v) is 2.33.